The summed E-state index contributed by atoms with van der Waals surface area (Å²) in [7, 11) is 3.21. The summed E-state index contributed by atoms with van der Waals surface area (Å²) in [4.78, 5) is 0. The van der Waals surface area contributed by atoms with Gasteiger partial charge in [-0.2, -0.15) is 0 Å². The molecule has 0 aliphatic rings. The lowest BCUT2D eigenvalue weighted by Crippen LogP contribution is -1.98. The van der Waals surface area contributed by atoms with Crippen molar-refractivity contribution in [2.75, 3.05) is 14.2 Å². The first-order valence-corrected chi connectivity index (χ1v) is 9.23. The predicted molar refractivity (Wildman–Crippen MR) is 109 cm³/mol. The number of ether oxygens (including phenoxy) is 2. The highest BCUT2D eigenvalue weighted by molar-refractivity contribution is 5.64. The van der Waals surface area contributed by atoms with Gasteiger partial charge in [0.05, 0.1) is 20.4 Å². The van der Waals surface area contributed by atoms with Crippen molar-refractivity contribution in [3.8, 4) is 34.0 Å². The Labute approximate surface area is 168 Å². The fourth-order valence-electron chi connectivity index (χ4n) is 3.19. The van der Waals surface area contributed by atoms with E-state index >= 15 is 0 Å². The van der Waals surface area contributed by atoms with E-state index in [0.29, 0.717) is 23.8 Å². The summed E-state index contributed by atoms with van der Waals surface area (Å²) in [6.45, 7) is 4.58. The zero-order chi connectivity index (χ0) is 20.4. The van der Waals surface area contributed by atoms with Gasteiger partial charge >= 0.3 is 0 Å². The minimum absolute atomic E-state index is 0.443. The van der Waals surface area contributed by atoms with Crippen LogP contribution < -0.4 is 9.47 Å². The van der Waals surface area contributed by atoms with Gasteiger partial charge in [0.15, 0.2) is 17.3 Å². The zero-order valence-electron chi connectivity index (χ0n) is 16.8. The molecule has 0 amide bonds. The summed E-state index contributed by atoms with van der Waals surface area (Å²) in [6.07, 6.45) is 1.92. The number of hydrogen-bond acceptors (Lipinski definition) is 6. The normalized spacial score (nSPS) is 10.9. The quantitative estimate of drug-likeness (QED) is 0.489. The number of methoxy groups -OCH3 is 2. The Morgan fingerprint density at radius 3 is 2.55 bits per heavy atom. The minimum atomic E-state index is 0.443. The first-order valence-electron chi connectivity index (χ1n) is 9.23. The first kappa shape index (κ1) is 18.7. The van der Waals surface area contributed by atoms with E-state index in [-0.39, 0.29) is 0 Å². The second-order valence-corrected chi connectivity index (χ2v) is 6.87. The molecule has 2 heterocycles. The third-order valence-corrected chi connectivity index (χ3v) is 4.76. The van der Waals surface area contributed by atoms with Crippen molar-refractivity contribution in [3.63, 3.8) is 0 Å². The molecule has 0 fully saturated rings. The number of benzene rings is 2. The van der Waals surface area contributed by atoms with Crippen LogP contribution >= 0.6 is 0 Å². The van der Waals surface area contributed by atoms with Gasteiger partial charge in [0, 0.05) is 17.2 Å². The third kappa shape index (κ3) is 3.85. The standard InChI is InChI=1S/C22H22N4O3/c1-14-5-6-15(2)18(9-14)20-13-26(25-23-20)12-17-11-19(24-29-17)16-7-8-21(27-3)22(10-16)28-4/h5-11,13H,12H2,1-4H3. The molecule has 0 spiro atoms. The van der Waals surface area contributed by atoms with Gasteiger partial charge in [-0.05, 0) is 43.7 Å². The largest absolute Gasteiger partial charge is 0.493 e. The molecule has 2 aromatic carbocycles. The molecule has 0 atom stereocenters. The lowest BCUT2D eigenvalue weighted by molar-refractivity contribution is 0.355. The van der Waals surface area contributed by atoms with E-state index in [1.807, 2.05) is 30.5 Å². The molecule has 0 unspecified atom stereocenters. The molecule has 7 heteroatoms. The Hall–Kier alpha value is -3.61. The fraction of sp³-hybridized carbons (Fsp3) is 0.227. The maximum absolute atomic E-state index is 5.50. The monoisotopic (exact) mass is 390 g/mol. The highest BCUT2D eigenvalue weighted by Crippen LogP contribution is 2.32. The Morgan fingerprint density at radius 2 is 1.76 bits per heavy atom. The molecule has 0 aliphatic heterocycles. The molecule has 7 nitrogen and oxygen atoms in total. The average Bonchev–Trinajstić information content (AvgIpc) is 3.39. The number of hydrogen-bond donors (Lipinski definition) is 0. The van der Waals surface area contributed by atoms with Crippen molar-refractivity contribution >= 4 is 0 Å². The lowest BCUT2D eigenvalue weighted by Gasteiger charge is -2.07. The molecular weight excluding hydrogens is 368 g/mol. The van der Waals surface area contributed by atoms with Crippen molar-refractivity contribution in [1.82, 2.24) is 20.2 Å². The summed E-state index contributed by atoms with van der Waals surface area (Å²) in [5, 5.41) is 12.7. The summed E-state index contributed by atoms with van der Waals surface area (Å²) in [5.74, 6) is 2.00. The summed E-state index contributed by atoms with van der Waals surface area (Å²) >= 11 is 0. The van der Waals surface area contributed by atoms with Gasteiger partial charge in [-0.3, -0.25) is 0 Å². The van der Waals surface area contributed by atoms with E-state index in [9.17, 15) is 0 Å². The number of rotatable bonds is 6. The fourth-order valence-corrected chi connectivity index (χ4v) is 3.19. The second kappa shape index (κ2) is 7.79. The smallest absolute Gasteiger partial charge is 0.161 e. The van der Waals surface area contributed by atoms with Crippen LogP contribution in [0.5, 0.6) is 11.5 Å². The van der Waals surface area contributed by atoms with Crippen molar-refractivity contribution in [3.05, 3.63) is 65.5 Å². The van der Waals surface area contributed by atoms with Crippen LogP contribution in [0, 0.1) is 13.8 Å². The summed E-state index contributed by atoms with van der Waals surface area (Å²) in [5.41, 5.74) is 5.88. The Bertz CT molecular complexity index is 1150. The third-order valence-electron chi connectivity index (χ3n) is 4.76. The maximum atomic E-state index is 5.50. The van der Waals surface area contributed by atoms with Crippen molar-refractivity contribution in [2.24, 2.45) is 0 Å². The van der Waals surface area contributed by atoms with Crippen LogP contribution in [0.3, 0.4) is 0 Å². The molecule has 2 aromatic heterocycles. The minimum Gasteiger partial charge on any atom is -0.493 e. The van der Waals surface area contributed by atoms with E-state index in [1.165, 1.54) is 5.56 Å². The van der Waals surface area contributed by atoms with Crippen molar-refractivity contribution in [2.45, 2.75) is 20.4 Å². The Morgan fingerprint density at radius 1 is 0.931 bits per heavy atom. The average molecular weight is 390 g/mol. The van der Waals surface area contributed by atoms with Crippen LogP contribution in [0.4, 0.5) is 0 Å². The molecule has 148 valence electrons. The molecule has 4 rings (SSSR count). The molecule has 0 radical (unpaired) electrons. The van der Waals surface area contributed by atoms with Crippen LogP contribution in [0.1, 0.15) is 16.9 Å². The van der Waals surface area contributed by atoms with Gasteiger partial charge in [0.1, 0.15) is 17.9 Å². The van der Waals surface area contributed by atoms with E-state index < -0.39 is 0 Å². The SMILES string of the molecule is COc1ccc(-c2cc(Cn3cc(-c4cc(C)ccc4C)nn3)on2)cc1OC. The molecular formula is C22H22N4O3. The molecule has 0 bridgehead atoms. The number of aryl methyl sites for hydroxylation is 2. The second-order valence-electron chi connectivity index (χ2n) is 6.87. The summed E-state index contributed by atoms with van der Waals surface area (Å²) in [6, 6.07) is 13.8. The Balaban J connectivity index is 1.54. The molecule has 0 saturated heterocycles. The van der Waals surface area contributed by atoms with E-state index in [2.05, 4.69) is 47.5 Å². The van der Waals surface area contributed by atoms with Gasteiger partial charge < -0.3 is 14.0 Å². The molecule has 0 N–H and O–H groups in total. The highest BCUT2D eigenvalue weighted by Gasteiger charge is 2.13. The van der Waals surface area contributed by atoms with Crippen LogP contribution in [-0.4, -0.2) is 34.4 Å². The zero-order valence-corrected chi connectivity index (χ0v) is 16.8. The van der Waals surface area contributed by atoms with Gasteiger partial charge in [0.25, 0.3) is 0 Å². The van der Waals surface area contributed by atoms with E-state index in [4.69, 9.17) is 14.0 Å². The Kier molecular flexibility index (Phi) is 5.03. The number of aromatic nitrogens is 4. The van der Waals surface area contributed by atoms with Crippen LogP contribution in [-0.2, 0) is 6.54 Å². The van der Waals surface area contributed by atoms with Crippen LogP contribution in [0.15, 0.2) is 53.2 Å². The topological polar surface area (TPSA) is 75.2 Å². The molecule has 0 aliphatic carbocycles. The van der Waals surface area contributed by atoms with Crippen molar-refractivity contribution < 1.29 is 14.0 Å². The molecule has 4 aromatic rings. The van der Waals surface area contributed by atoms with Gasteiger partial charge in [-0.15, -0.1) is 5.10 Å². The summed E-state index contributed by atoms with van der Waals surface area (Å²) < 4.78 is 17.9. The van der Waals surface area contributed by atoms with E-state index in [0.717, 1.165) is 28.1 Å². The maximum Gasteiger partial charge on any atom is 0.161 e. The number of nitrogens with zero attached hydrogens (tertiary/aromatic N) is 4. The van der Waals surface area contributed by atoms with E-state index in [1.54, 1.807) is 18.9 Å². The van der Waals surface area contributed by atoms with Gasteiger partial charge in [-0.1, -0.05) is 28.1 Å². The van der Waals surface area contributed by atoms with Gasteiger partial charge in [0.2, 0.25) is 0 Å². The van der Waals surface area contributed by atoms with Crippen LogP contribution in [0.2, 0.25) is 0 Å². The van der Waals surface area contributed by atoms with Gasteiger partial charge in [-0.25, -0.2) is 4.68 Å². The van der Waals surface area contributed by atoms with Crippen LogP contribution in [0.25, 0.3) is 22.5 Å². The highest BCUT2D eigenvalue weighted by atomic mass is 16.5. The molecule has 29 heavy (non-hydrogen) atoms. The lowest BCUT2D eigenvalue weighted by atomic mass is 10.0. The van der Waals surface area contributed by atoms with Crippen molar-refractivity contribution in [1.29, 1.82) is 0 Å². The first-order chi connectivity index (χ1) is 14.1. The molecule has 0 saturated carbocycles. The predicted octanol–water partition coefficient (Wildman–Crippen LogP) is 4.28.